The van der Waals surface area contributed by atoms with Gasteiger partial charge in [0.15, 0.2) is 5.17 Å². The molecule has 174 valence electrons. The number of ether oxygens (including phenoxy) is 1. The number of methoxy groups -OCH3 is 1. The first-order chi connectivity index (χ1) is 15.6. The average molecular weight is 466 g/mol. The minimum Gasteiger partial charge on any atom is -0.497 e. The van der Waals surface area contributed by atoms with Gasteiger partial charge in [0.2, 0.25) is 5.91 Å². The van der Waals surface area contributed by atoms with Gasteiger partial charge in [-0.1, -0.05) is 55.9 Å². The van der Waals surface area contributed by atoms with Crippen molar-refractivity contribution >= 4 is 40.5 Å². The first-order valence-corrected chi connectivity index (χ1v) is 11.9. The van der Waals surface area contributed by atoms with Gasteiger partial charge < -0.3 is 10.1 Å². The van der Waals surface area contributed by atoms with Crippen molar-refractivity contribution in [3.05, 3.63) is 65.4 Å². The Morgan fingerprint density at radius 3 is 2.48 bits per heavy atom. The molecule has 0 fully saturated rings. The maximum Gasteiger partial charge on any atom is 0.283 e. The number of aliphatic imine (C=N–C) groups is 1. The summed E-state index contributed by atoms with van der Waals surface area (Å²) in [5.41, 5.74) is 2.77. The van der Waals surface area contributed by atoms with Gasteiger partial charge in [-0.25, -0.2) is 4.99 Å². The molecule has 1 aliphatic heterocycles. The van der Waals surface area contributed by atoms with E-state index in [4.69, 9.17) is 4.74 Å². The Hall–Kier alpha value is -3.06. The molecule has 2 aromatic carbocycles. The molecule has 0 radical (unpaired) electrons. The van der Waals surface area contributed by atoms with Crippen molar-refractivity contribution in [1.82, 2.24) is 5.32 Å². The molecule has 0 saturated carbocycles. The van der Waals surface area contributed by atoms with E-state index in [-0.39, 0.29) is 23.1 Å². The molecule has 0 spiro atoms. The zero-order valence-corrected chi connectivity index (χ0v) is 20.8. The summed E-state index contributed by atoms with van der Waals surface area (Å²) in [7, 11) is 1.58. The highest BCUT2D eigenvalue weighted by Gasteiger charge is 2.32. The SMILES string of the molecule is COc1cccc(N2C(=O)/C(=C\c3ccc(C(C)C)cc3)N=C2SCC(=O)NC(C)(C)C)c1. The number of anilines is 1. The Bertz CT molecular complexity index is 1080. The van der Waals surface area contributed by atoms with E-state index in [9.17, 15) is 9.59 Å². The number of rotatable bonds is 6. The Morgan fingerprint density at radius 2 is 1.88 bits per heavy atom. The smallest absolute Gasteiger partial charge is 0.283 e. The fourth-order valence-electron chi connectivity index (χ4n) is 3.29. The number of amidine groups is 1. The molecule has 0 atom stereocenters. The molecule has 2 aromatic rings. The van der Waals surface area contributed by atoms with Crippen LogP contribution in [0.15, 0.2) is 59.2 Å². The van der Waals surface area contributed by atoms with Crippen molar-refractivity contribution in [2.24, 2.45) is 4.99 Å². The molecule has 0 unspecified atom stereocenters. The third-order valence-corrected chi connectivity index (χ3v) is 5.83. The molecule has 0 aromatic heterocycles. The Kier molecular flexibility index (Phi) is 7.64. The molecule has 0 saturated heterocycles. The standard InChI is InChI=1S/C26H31N3O3S/c1-17(2)19-12-10-18(11-13-19)14-22-24(31)29(20-8-7-9-21(15-20)32-6)25(27-22)33-16-23(30)28-26(3,4)5/h7-15,17H,16H2,1-6H3,(H,28,30)/b22-14+. The molecule has 1 aliphatic rings. The summed E-state index contributed by atoms with van der Waals surface area (Å²) in [6.07, 6.45) is 1.78. The maximum atomic E-state index is 13.4. The summed E-state index contributed by atoms with van der Waals surface area (Å²) in [5, 5.41) is 3.40. The number of thioether (sulfide) groups is 1. The van der Waals surface area contributed by atoms with Crippen LogP contribution in [0.2, 0.25) is 0 Å². The second kappa shape index (κ2) is 10.3. The first-order valence-electron chi connectivity index (χ1n) is 10.9. The molecular weight excluding hydrogens is 434 g/mol. The molecule has 1 N–H and O–H groups in total. The molecular formula is C26H31N3O3S. The second-order valence-corrected chi connectivity index (χ2v) is 10.1. The van der Waals surface area contributed by atoms with Crippen LogP contribution in [-0.4, -0.2) is 35.4 Å². The van der Waals surface area contributed by atoms with Crippen LogP contribution in [0.1, 0.15) is 51.7 Å². The fraction of sp³-hybridized carbons (Fsp3) is 0.346. The van der Waals surface area contributed by atoms with Crippen molar-refractivity contribution < 1.29 is 14.3 Å². The fourth-order valence-corrected chi connectivity index (χ4v) is 4.10. The summed E-state index contributed by atoms with van der Waals surface area (Å²) in [6, 6.07) is 15.3. The molecule has 7 heteroatoms. The minimum absolute atomic E-state index is 0.116. The van der Waals surface area contributed by atoms with Gasteiger partial charge in [0.1, 0.15) is 11.4 Å². The average Bonchev–Trinajstić information content (AvgIpc) is 3.06. The van der Waals surface area contributed by atoms with Crippen LogP contribution in [0.25, 0.3) is 6.08 Å². The summed E-state index contributed by atoms with van der Waals surface area (Å²) in [5.74, 6) is 0.866. The number of carbonyl (C=O) groups is 2. The molecule has 0 aliphatic carbocycles. The van der Waals surface area contributed by atoms with Crippen LogP contribution < -0.4 is 15.0 Å². The summed E-state index contributed by atoms with van der Waals surface area (Å²) >= 11 is 1.24. The number of hydrogen-bond acceptors (Lipinski definition) is 5. The van der Waals surface area contributed by atoms with E-state index in [0.717, 1.165) is 5.56 Å². The predicted octanol–water partition coefficient (Wildman–Crippen LogP) is 5.21. The van der Waals surface area contributed by atoms with Gasteiger partial charge >= 0.3 is 0 Å². The van der Waals surface area contributed by atoms with Crippen molar-refractivity contribution in [3.8, 4) is 5.75 Å². The monoisotopic (exact) mass is 465 g/mol. The highest BCUT2D eigenvalue weighted by Crippen LogP contribution is 2.31. The quantitative estimate of drug-likeness (QED) is 0.595. The van der Waals surface area contributed by atoms with E-state index in [1.165, 1.54) is 22.2 Å². The van der Waals surface area contributed by atoms with Gasteiger partial charge in [0.05, 0.1) is 18.6 Å². The number of nitrogens with zero attached hydrogens (tertiary/aromatic N) is 2. The number of amides is 2. The van der Waals surface area contributed by atoms with Gasteiger partial charge in [-0.15, -0.1) is 0 Å². The zero-order chi connectivity index (χ0) is 24.2. The Morgan fingerprint density at radius 1 is 1.18 bits per heavy atom. The summed E-state index contributed by atoms with van der Waals surface area (Å²) in [6.45, 7) is 10.1. The maximum absolute atomic E-state index is 13.4. The second-order valence-electron chi connectivity index (χ2n) is 9.17. The van der Waals surface area contributed by atoms with Crippen molar-refractivity contribution in [2.75, 3.05) is 17.8 Å². The number of carbonyl (C=O) groups excluding carboxylic acids is 2. The predicted molar refractivity (Wildman–Crippen MR) is 137 cm³/mol. The van der Waals surface area contributed by atoms with Crippen LogP contribution in [-0.2, 0) is 9.59 Å². The molecule has 33 heavy (non-hydrogen) atoms. The van der Waals surface area contributed by atoms with Gasteiger partial charge in [0, 0.05) is 11.6 Å². The van der Waals surface area contributed by atoms with E-state index in [1.54, 1.807) is 19.3 Å². The van der Waals surface area contributed by atoms with Crippen LogP contribution in [0.5, 0.6) is 5.75 Å². The van der Waals surface area contributed by atoms with Gasteiger partial charge in [-0.2, -0.15) is 0 Å². The minimum atomic E-state index is -0.329. The molecule has 2 amide bonds. The lowest BCUT2D eigenvalue weighted by Crippen LogP contribution is -2.42. The molecule has 6 nitrogen and oxygen atoms in total. The third kappa shape index (κ3) is 6.48. The van der Waals surface area contributed by atoms with E-state index in [1.807, 2.05) is 51.1 Å². The first kappa shape index (κ1) is 24.6. The largest absolute Gasteiger partial charge is 0.497 e. The van der Waals surface area contributed by atoms with Crippen LogP contribution >= 0.6 is 11.8 Å². The zero-order valence-electron chi connectivity index (χ0n) is 20.0. The van der Waals surface area contributed by atoms with Gasteiger partial charge in [-0.3, -0.25) is 14.5 Å². The lowest BCUT2D eigenvalue weighted by atomic mass is 10.0. The molecule has 1 heterocycles. The lowest BCUT2D eigenvalue weighted by molar-refractivity contribution is -0.120. The Labute approximate surface area is 200 Å². The number of nitrogens with one attached hydrogen (secondary N) is 1. The topological polar surface area (TPSA) is 71.0 Å². The lowest BCUT2D eigenvalue weighted by Gasteiger charge is -2.21. The highest BCUT2D eigenvalue weighted by atomic mass is 32.2. The third-order valence-electron chi connectivity index (χ3n) is 4.89. The molecule has 3 rings (SSSR count). The normalized spacial score (nSPS) is 15.2. The van der Waals surface area contributed by atoms with Crippen molar-refractivity contribution in [2.45, 2.75) is 46.1 Å². The van der Waals surface area contributed by atoms with E-state index in [0.29, 0.717) is 28.2 Å². The van der Waals surface area contributed by atoms with Crippen molar-refractivity contribution in [1.29, 1.82) is 0 Å². The molecule has 0 bridgehead atoms. The van der Waals surface area contributed by atoms with E-state index < -0.39 is 0 Å². The number of benzene rings is 2. The Balaban J connectivity index is 1.91. The van der Waals surface area contributed by atoms with Crippen LogP contribution in [0.4, 0.5) is 5.69 Å². The van der Waals surface area contributed by atoms with Crippen LogP contribution in [0, 0.1) is 0 Å². The van der Waals surface area contributed by atoms with Gasteiger partial charge in [-0.05, 0) is 56.0 Å². The van der Waals surface area contributed by atoms with Gasteiger partial charge in [0.25, 0.3) is 5.91 Å². The van der Waals surface area contributed by atoms with Crippen LogP contribution in [0.3, 0.4) is 0 Å². The van der Waals surface area contributed by atoms with Crippen molar-refractivity contribution in [3.63, 3.8) is 0 Å². The van der Waals surface area contributed by atoms with E-state index >= 15 is 0 Å². The highest BCUT2D eigenvalue weighted by molar-refractivity contribution is 8.14. The van der Waals surface area contributed by atoms with E-state index in [2.05, 4.69) is 36.3 Å². The summed E-state index contributed by atoms with van der Waals surface area (Å²) in [4.78, 5) is 31.9. The number of hydrogen-bond donors (Lipinski definition) is 1. The summed E-state index contributed by atoms with van der Waals surface area (Å²) < 4.78 is 5.33.